The van der Waals surface area contributed by atoms with E-state index in [0.717, 1.165) is 10.8 Å². The highest BCUT2D eigenvalue weighted by molar-refractivity contribution is 5.95. The maximum Gasteiger partial charge on any atom is 0.289 e. The Morgan fingerprint density at radius 1 is 1.56 bits per heavy atom. The van der Waals surface area contributed by atoms with Crippen molar-refractivity contribution < 1.29 is 9.72 Å². The van der Waals surface area contributed by atoms with E-state index < -0.39 is 16.4 Å². The molecular formula is C11H15N3O4. The van der Waals surface area contributed by atoms with Crippen LogP contribution in [-0.2, 0) is 6.54 Å². The van der Waals surface area contributed by atoms with E-state index >= 15 is 0 Å². The molecule has 0 saturated carbocycles. The van der Waals surface area contributed by atoms with Gasteiger partial charge in [0, 0.05) is 6.54 Å². The number of pyridine rings is 1. The summed E-state index contributed by atoms with van der Waals surface area (Å²) in [4.78, 5) is 33.8. The summed E-state index contributed by atoms with van der Waals surface area (Å²) in [6.07, 6.45) is 1.16. The third-order valence-corrected chi connectivity index (χ3v) is 2.66. The predicted octanol–water partition coefficient (Wildman–Crippen LogP) is 0.999. The molecule has 1 aromatic rings. The van der Waals surface area contributed by atoms with E-state index in [9.17, 15) is 19.7 Å². The molecule has 0 aliphatic carbocycles. The first-order chi connectivity index (χ1) is 8.31. The summed E-state index contributed by atoms with van der Waals surface area (Å²) < 4.78 is 1.12. The molecule has 1 rings (SSSR count). The number of rotatable bonds is 4. The fourth-order valence-corrected chi connectivity index (χ4v) is 1.87. The number of carbonyl (C=O) groups excluding carboxylic acids is 1. The molecule has 0 aliphatic rings. The van der Waals surface area contributed by atoms with E-state index in [-0.39, 0.29) is 29.3 Å². The minimum atomic E-state index is -0.936. The van der Waals surface area contributed by atoms with Crippen molar-refractivity contribution in [3.8, 4) is 0 Å². The number of carbonyl (C=O) groups is 1. The fourth-order valence-electron chi connectivity index (χ4n) is 1.87. The lowest BCUT2D eigenvalue weighted by molar-refractivity contribution is -0.386. The lowest BCUT2D eigenvalue weighted by atomic mass is 9.96. The van der Waals surface area contributed by atoms with Gasteiger partial charge < -0.3 is 10.3 Å². The van der Waals surface area contributed by atoms with E-state index in [1.54, 1.807) is 20.8 Å². The average Bonchev–Trinajstić information content (AvgIpc) is 2.26. The highest BCUT2D eigenvalue weighted by atomic mass is 16.6. The van der Waals surface area contributed by atoms with Crippen LogP contribution in [0.1, 0.15) is 42.6 Å². The van der Waals surface area contributed by atoms with Gasteiger partial charge in [0.05, 0.1) is 16.7 Å². The molecule has 98 valence electrons. The number of nitrogens with two attached hydrogens (primary N) is 1. The molecule has 0 fully saturated rings. The molecule has 0 atom stereocenters. The Hall–Kier alpha value is -2.18. The van der Waals surface area contributed by atoms with Gasteiger partial charge in [0.2, 0.25) is 0 Å². The monoisotopic (exact) mass is 253 g/mol. The SMILES string of the molecule is CCn1cc([N+](=O)[O-])c(C(C)C)c(C(N)=O)c1=O. The molecule has 7 nitrogen and oxygen atoms in total. The summed E-state index contributed by atoms with van der Waals surface area (Å²) in [6.45, 7) is 5.23. The van der Waals surface area contributed by atoms with Crippen LogP contribution in [0.25, 0.3) is 0 Å². The Morgan fingerprint density at radius 3 is 2.44 bits per heavy atom. The van der Waals surface area contributed by atoms with Gasteiger partial charge in [-0.25, -0.2) is 0 Å². The van der Waals surface area contributed by atoms with E-state index in [4.69, 9.17) is 5.73 Å². The molecule has 0 unspecified atom stereocenters. The quantitative estimate of drug-likeness (QED) is 0.637. The van der Waals surface area contributed by atoms with Crippen molar-refractivity contribution in [1.29, 1.82) is 0 Å². The summed E-state index contributed by atoms with van der Waals surface area (Å²) in [5.74, 6) is -1.28. The summed E-state index contributed by atoms with van der Waals surface area (Å²) in [5.41, 5.74) is 4.15. The Labute approximate surface area is 103 Å². The number of aryl methyl sites for hydroxylation is 1. The van der Waals surface area contributed by atoms with E-state index in [1.165, 1.54) is 0 Å². The van der Waals surface area contributed by atoms with Gasteiger partial charge in [-0.05, 0) is 12.8 Å². The van der Waals surface area contributed by atoms with Crippen LogP contribution in [0.2, 0.25) is 0 Å². The summed E-state index contributed by atoms with van der Waals surface area (Å²) in [5, 5.41) is 11.0. The molecule has 1 amide bonds. The molecule has 0 saturated heterocycles. The van der Waals surface area contributed by atoms with Crippen molar-refractivity contribution in [1.82, 2.24) is 4.57 Å². The first-order valence-corrected chi connectivity index (χ1v) is 5.52. The molecular weight excluding hydrogens is 238 g/mol. The molecule has 0 aliphatic heterocycles. The number of hydrogen-bond acceptors (Lipinski definition) is 4. The molecule has 1 heterocycles. The highest BCUT2D eigenvalue weighted by Gasteiger charge is 2.27. The predicted molar refractivity (Wildman–Crippen MR) is 65.6 cm³/mol. The van der Waals surface area contributed by atoms with Gasteiger partial charge in [-0.15, -0.1) is 0 Å². The number of nitro groups is 1. The van der Waals surface area contributed by atoms with Gasteiger partial charge in [-0.2, -0.15) is 0 Å². The summed E-state index contributed by atoms with van der Waals surface area (Å²) in [7, 11) is 0. The minimum Gasteiger partial charge on any atom is -0.365 e. The number of nitrogens with zero attached hydrogens (tertiary/aromatic N) is 2. The molecule has 7 heteroatoms. The summed E-state index contributed by atoms with van der Waals surface area (Å²) in [6, 6.07) is 0. The Morgan fingerprint density at radius 2 is 2.11 bits per heavy atom. The third kappa shape index (κ3) is 2.24. The maximum absolute atomic E-state index is 12.0. The standard InChI is InChI=1S/C11H15N3O4/c1-4-13-5-7(14(17)18)8(6(2)3)9(10(12)15)11(13)16/h5-6H,4H2,1-3H3,(H2,12,15). The van der Waals surface area contributed by atoms with E-state index in [2.05, 4.69) is 0 Å². The van der Waals surface area contributed by atoms with Crippen molar-refractivity contribution in [3.05, 3.63) is 37.8 Å². The van der Waals surface area contributed by atoms with Crippen molar-refractivity contribution in [2.75, 3.05) is 0 Å². The second kappa shape index (κ2) is 4.99. The van der Waals surface area contributed by atoms with Gasteiger partial charge in [0.1, 0.15) is 5.56 Å². The molecule has 18 heavy (non-hydrogen) atoms. The van der Waals surface area contributed by atoms with Crippen molar-refractivity contribution in [3.63, 3.8) is 0 Å². The van der Waals surface area contributed by atoms with Gasteiger partial charge in [0.25, 0.3) is 17.2 Å². The molecule has 0 spiro atoms. The average molecular weight is 253 g/mol. The molecule has 0 bridgehead atoms. The van der Waals surface area contributed by atoms with Crippen LogP contribution in [0.4, 0.5) is 5.69 Å². The van der Waals surface area contributed by atoms with Crippen LogP contribution in [0.5, 0.6) is 0 Å². The zero-order valence-electron chi connectivity index (χ0n) is 10.5. The Kier molecular flexibility index (Phi) is 3.85. The zero-order chi connectivity index (χ0) is 14.0. The first-order valence-electron chi connectivity index (χ1n) is 5.52. The topological polar surface area (TPSA) is 108 Å². The lowest BCUT2D eigenvalue weighted by Gasteiger charge is -2.13. The van der Waals surface area contributed by atoms with E-state index in [0.29, 0.717) is 0 Å². The molecule has 2 N–H and O–H groups in total. The van der Waals surface area contributed by atoms with Crippen molar-refractivity contribution in [2.24, 2.45) is 5.73 Å². The van der Waals surface area contributed by atoms with Crippen molar-refractivity contribution >= 4 is 11.6 Å². The number of hydrogen-bond donors (Lipinski definition) is 1. The second-order valence-electron chi connectivity index (χ2n) is 4.17. The van der Waals surface area contributed by atoms with Crippen LogP contribution in [0.15, 0.2) is 11.0 Å². The fraction of sp³-hybridized carbons (Fsp3) is 0.455. The number of aromatic nitrogens is 1. The van der Waals surface area contributed by atoms with Crippen LogP contribution in [0, 0.1) is 10.1 Å². The molecule has 0 radical (unpaired) electrons. The van der Waals surface area contributed by atoms with Crippen molar-refractivity contribution in [2.45, 2.75) is 33.2 Å². The third-order valence-electron chi connectivity index (χ3n) is 2.66. The summed E-state index contributed by atoms with van der Waals surface area (Å²) >= 11 is 0. The second-order valence-corrected chi connectivity index (χ2v) is 4.17. The highest BCUT2D eigenvalue weighted by Crippen LogP contribution is 2.27. The number of amides is 1. The largest absolute Gasteiger partial charge is 0.365 e. The zero-order valence-corrected chi connectivity index (χ0v) is 10.5. The Bertz CT molecular complexity index is 560. The smallest absolute Gasteiger partial charge is 0.289 e. The van der Waals surface area contributed by atoms with Gasteiger partial charge >= 0.3 is 0 Å². The Balaban J connectivity index is 3.85. The maximum atomic E-state index is 12.0. The normalized spacial score (nSPS) is 10.7. The van der Waals surface area contributed by atoms with Crippen LogP contribution < -0.4 is 11.3 Å². The number of primary amides is 1. The van der Waals surface area contributed by atoms with Gasteiger partial charge in [0.15, 0.2) is 0 Å². The minimum absolute atomic E-state index is 0.0993. The van der Waals surface area contributed by atoms with Crippen LogP contribution >= 0.6 is 0 Å². The van der Waals surface area contributed by atoms with Gasteiger partial charge in [-0.1, -0.05) is 13.8 Å². The van der Waals surface area contributed by atoms with E-state index in [1.807, 2.05) is 0 Å². The molecule has 0 aromatic carbocycles. The van der Waals surface area contributed by atoms with Crippen LogP contribution in [0.3, 0.4) is 0 Å². The van der Waals surface area contributed by atoms with Gasteiger partial charge in [-0.3, -0.25) is 19.7 Å². The lowest BCUT2D eigenvalue weighted by Crippen LogP contribution is -2.32. The molecule has 1 aromatic heterocycles. The first kappa shape index (κ1) is 13.9. The van der Waals surface area contributed by atoms with Crippen LogP contribution in [-0.4, -0.2) is 15.4 Å².